The number of likely N-dealkylation sites (N-methyl/N-ethyl adjacent to an activating group) is 1. The van der Waals surface area contributed by atoms with Crippen LogP contribution in [0.4, 0.5) is 9.18 Å². The predicted octanol–water partition coefficient (Wildman–Crippen LogP) is 5.54. The van der Waals surface area contributed by atoms with Crippen LogP contribution in [0.25, 0.3) is 5.52 Å². The molecular formula is C37H50FN5O5. The third kappa shape index (κ3) is 9.14. The molecular weight excluding hydrogens is 613 g/mol. The molecule has 0 bridgehead atoms. The minimum Gasteiger partial charge on any atom is -0.444 e. The number of nitrogens with one attached hydrogen (secondary N) is 1. The van der Waals surface area contributed by atoms with Crippen molar-refractivity contribution in [1.29, 1.82) is 0 Å². The van der Waals surface area contributed by atoms with Gasteiger partial charge in [-0.05, 0) is 88.3 Å². The first-order chi connectivity index (χ1) is 22.4. The van der Waals surface area contributed by atoms with Gasteiger partial charge >= 0.3 is 6.09 Å². The van der Waals surface area contributed by atoms with Crippen molar-refractivity contribution in [2.75, 3.05) is 26.7 Å². The number of hydrogen-bond acceptors (Lipinski definition) is 5. The van der Waals surface area contributed by atoms with Gasteiger partial charge in [0.2, 0.25) is 11.8 Å². The molecule has 3 aromatic rings. The Bertz CT molecular complexity index is 1570. The van der Waals surface area contributed by atoms with Crippen LogP contribution in [0, 0.1) is 11.2 Å². The number of fused-ring (bicyclic) bond motifs is 1. The van der Waals surface area contributed by atoms with E-state index in [9.17, 15) is 23.6 Å². The van der Waals surface area contributed by atoms with Crippen molar-refractivity contribution in [1.82, 2.24) is 24.4 Å². The van der Waals surface area contributed by atoms with E-state index in [1.807, 2.05) is 55.6 Å². The molecule has 0 saturated carbocycles. The molecule has 260 valence electrons. The summed E-state index contributed by atoms with van der Waals surface area (Å²) in [7, 11) is 1.49. The molecule has 1 aliphatic heterocycles. The summed E-state index contributed by atoms with van der Waals surface area (Å²) in [6.45, 7) is 13.7. The fourth-order valence-electron chi connectivity index (χ4n) is 5.86. The number of nitrogens with zero attached hydrogens (tertiary/aromatic N) is 4. The van der Waals surface area contributed by atoms with Gasteiger partial charge in [-0.25, -0.2) is 9.18 Å². The van der Waals surface area contributed by atoms with Crippen molar-refractivity contribution < 1.29 is 28.3 Å². The fourth-order valence-corrected chi connectivity index (χ4v) is 5.86. The monoisotopic (exact) mass is 663 g/mol. The predicted molar refractivity (Wildman–Crippen MR) is 183 cm³/mol. The molecule has 1 saturated heterocycles. The Morgan fingerprint density at radius 1 is 1.04 bits per heavy atom. The van der Waals surface area contributed by atoms with E-state index >= 15 is 0 Å². The molecule has 3 atom stereocenters. The van der Waals surface area contributed by atoms with Crippen molar-refractivity contribution in [3.05, 3.63) is 77.9 Å². The lowest BCUT2D eigenvalue weighted by Crippen LogP contribution is -2.59. The highest BCUT2D eigenvalue weighted by Gasteiger charge is 2.41. The zero-order chi connectivity index (χ0) is 35.4. The second-order valence-electron chi connectivity index (χ2n) is 14.8. The van der Waals surface area contributed by atoms with Crippen LogP contribution >= 0.6 is 0 Å². The molecule has 0 radical (unpaired) electrons. The lowest BCUT2D eigenvalue weighted by atomic mass is 9.85. The summed E-state index contributed by atoms with van der Waals surface area (Å²) in [4.78, 5) is 59.2. The third-order valence-corrected chi connectivity index (χ3v) is 8.76. The van der Waals surface area contributed by atoms with Gasteiger partial charge in [0.25, 0.3) is 5.91 Å². The Labute approximate surface area is 283 Å². The molecule has 11 heteroatoms. The van der Waals surface area contributed by atoms with Crippen molar-refractivity contribution >= 4 is 29.3 Å². The maximum absolute atomic E-state index is 14.3. The number of likely N-dealkylation sites (tertiary alicyclic amines) is 1. The maximum Gasteiger partial charge on any atom is 0.410 e. The number of benzene rings is 1. The molecule has 0 spiro atoms. The molecule has 1 aromatic carbocycles. The summed E-state index contributed by atoms with van der Waals surface area (Å²) >= 11 is 0. The number of halogens is 1. The van der Waals surface area contributed by atoms with Crippen LogP contribution in [0.1, 0.15) is 77.2 Å². The molecule has 10 nitrogen and oxygen atoms in total. The van der Waals surface area contributed by atoms with Gasteiger partial charge in [0.1, 0.15) is 23.5 Å². The fraction of sp³-hybridized carbons (Fsp3) is 0.514. The molecule has 48 heavy (non-hydrogen) atoms. The van der Waals surface area contributed by atoms with Gasteiger partial charge in [-0.3, -0.25) is 19.3 Å². The standard InChI is InChI=1S/C37H50FN5O5/c1-25(40(8)35(47)48-37(5,6)7)32(44)39-31(36(2,3)4)34(46)43-20-11-13-30(43)24-42(21-18-26-14-16-28(38)17-15-26)33(45)27-22-29-12-9-10-19-41(29)23-27/h9-10,12,14-17,19,22-23,25,30-31H,11,13,18,20-21,24H2,1-8H3,(H,39,44)/t25-,30-,31+/m0/s1. The maximum atomic E-state index is 14.3. The molecule has 4 rings (SSSR count). The number of carbonyl (C=O) groups excluding carboxylic acids is 4. The zero-order valence-electron chi connectivity index (χ0n) is 29.5. The normalized spacial score (nSPS) is 16.4. The van der Waals surface area contributed by atoms with E-state index in [0.717, 1.165) is 17.5 Å². The third-order valence-electron chi connectivity index (χ3n) is 8.76. The van der Waals surface area contributed by atoms with Gasteiger partial charge in [0.15, 0.2) is 0 Å². The van der Waals surface area contributed by atoms with E-state index < -0.39 is 35.1 Å². The second-order valence-corrected chi connectivity index (χ2v) is 14.8. The highest BCUT2D eigenvalue weighted by Crippen LogP contribution is 2.27. The number of ether oxygens (including phenoxy) is 1. The van der Waals surface area contributed by atoms with Crippen LogP contribution in [0.5, 0.6) is 0 Å². The number of hydrogen-bond donors (Lipinski definition) is 1. The van der Waals surface area contributed by atoms with Crippen LogP contribution in [-0.2, 0) is 20.7 Å². The molecule has 1 aliphatic rings. The Morgan fingerprint density at radius 3 is 2.35 bits per heavy atom. The highest BCUT2D eigenvalue weighted by molar-refractivity contribution is 5.96. The van der Waals surface area contributed by atoms with Crippen molar-refractivity contribution in [3.8, 4) is 0 Å². The lowest BCUT2D eigenvalue weighted by molar-refractivity contribution is -0.141. The smallest absolute Gasteiger partial charge is 0.410 e. The Morgan fingerprint density at radius 2 is 1.73 bits per heavy atom. The summed E-state index contributed by atoms with van der Waals surface area (Å²) in [5.41, 5.74) is 0.969. The van der Waals surface area contributed by atoms with Gasteiger partial charge in [-0.2, -0.15) is 0 Å². The first-order valence-corrected chi connectivity index (χ1v) is 16.6. The molecule has 3 heterocycles. The van der Waals surface area contributed by atoms with Crippen molar-refractivity contribution in [2.24, 2.45) is 5.41 Å². The SMILES string of the molecule is C[C@@H](C(=O)N[C@H](C(=O)N1CCC[C@H]1CN(CCc1ccc(F)cc1)C(=O)c1cc2ccccn2c1)C(C)(C)C)N(C)C(=O)OC(C)(C)C. The first-order valence-electron chi connectivity index (χ1n) is 16.6. The van der Waals surface area contributed by atoms with E-state index in [-0.39, 0.29) is 23.7 Å². The van der Waals surface area contributed by atoms with Crippen LogP contribution in [0.2, 0.25) is 0 Å². The van der Waals surface area contributed by atoms with Gasteiger partial charge in [-0.1, -0.05) is 39.0 Å². The second kappa shape index (κ2) is 14.8. The quantitative estimate of drug-likeness (QED) is 0.307. The van der Waals surface area contributed by atoms with Gasteiger partial charge in [-0.15, -0.1) is 0 Å². The average Bonchev–Trinajstić information content (AvgIpc) is 3.67. The molecule has 0 unspecified atom stereocenters. The number of amides is 4. The van der Waals surface area contributed by atoms with Gasteiger partial charge < -0.3 is 24.3 Å². The molecule has 2 aromatic heterocycles. The summed E-state index contributed by atoms with van der Waals surface area (Å²) in [5, 5.41) is 2.93. The van der Waals surface area contributed by atoms with E-state index in [1.165, 1.54) is 24.1 Å². The topological polar surface area (TPSA) is 104 Å². The van der Waals surface area contributed by atoms with Gasteiger partial charge in [0, 0.05) is 50.6 Å². The average molecular weight is 664 g/mol. The Balaban J connectivity index is 1.53. The number of pyridine rings is 1. The Kier molecular flexibility index (Phi) is 11.2. The summed E-state index contributed by atoms with van der Waals surface area (Å²) in [6.07, 6.45) is 5.04. The molecule has 4 amide bonds. The summed E-state index contributed by atoms with van der Waals surface area (Å²) in [6, 6.07) is 11.8. The lowest BCUT2D eigenvalue weighted by Gasteiger charge is -2.38. The zero-order valence-corrected chi connectivity index (χ0v) is 29.5. The summed E-state index contributed by atoms with van der Waals surface area (Å²) in [5.74, 6) is -1.17. The van der Waals surface area contributed by atoms with Gasteiger partial charge in [0.05, 0.1) is 5.56 Å². The van der Waals surface area contributed by atoms with Crippen molar-refractivity contribution in [2.45, 2.75) is 91.5 Å². The van der Waals surface area contributed by atoms with Crippen LogP contribution < -0.4 is 5.32 Å². The van der Waals surface area contributed by atoms with E-state index in [4.69, 9.17) is 4.74 Å². The number of aromatic nitrogens is 1. The summed E-state index contributed by atoms with van der Waals surface area (Å²) < 4.78 is 20.9. The largest absolute Gasteiger partial charge is 0.444 e. The Hall–Kier alpha value is -4.41. The van der Waals surface area contributed by atoms with E-state index in [0.29, 0.717) is 38.0 Å². The number of carbonyl (C=O) groups is 4. The highest BCUT2D eigenvalue weighted by atomic mass is 19.1. The van der Waals surface area contributed by atoms with E-state index in [2.05, 4.69) is 5.32 Å². The minimum atomic E-state index is -0.885. The minimum absolute atomic E-state index is 0.153. The van der Waals surface area contributed by atoms with E-state index in [1.54, 1.807) is 55.8 Å². The first kappa shape index (κ1) is 36.4. The van der Waals surface area contributed by atoms with Crippen LogP contribution in [-0.4, -0.2) is 93.3 Å². The van der Waals surface area contributed by atoms with Crippen LogP contribution in [0.3, 0.4) is 0 Å². The van der Waals surface area contributed by atoms with Crippen molar-refractivity contribution in [3.63, 3.8) is 0 Å². The van der Waals surface area contributed by atoms with Crippen LogP contribution in [0.15, 0.2) is 60.9 Å². The molecule has 1 fully saturated rings. The molecule has 1 N–H and O–H groups in total. The molecule has 0 aliphatic carbocycles. The number of rotatable bonds is 10.